The lowest BCUT2D eigenvalue weighted by atomic mass is 9.85. The molecule has 1 aromatic heterocycles. The molecule has 4 heteroatoms. The van der Waals surface area contributed by atoms with E-state index in [1.807, 2.05) is 12.1 Å². The fraction of sp³-hybridized carbons (Fsp3) is 0.619. The van der Waals surface area contributed by atoms with Crippen LogP contribution in [0.25, 0.3) is 11.0 Å². The summed E-state index contributed by atoms with van der Waals surface area (Å²) in [5, 5.41) is 15.2. The number of ether oxygens (including phenoxy) is 1. The Morgan fingerprint density at radius 1 is 1.28 bits per heavy atom. The number of nitrogens with one attached hydrogen (secondary N) is 1. The molecule has 1 saturated carbocycles. The second-order valence-electron chi connectivity index (χ2n) is 7.41. The number of rotatable bonds is 8. The Bertz CT molecular complexity index is 673. The van der Waals surface area contributed by atoms with E-state index in [1.165, 1.54) is 6.42 Å². The molecule has 2 aromatic rings. The Kier molecular flexibility index (Phi) is 6.02. The van der Waals surface area contributed by atoms with E-state index >= 15 is 0 Å². The smallest absolute Gasteiger partial charge is 0.176 e. The summed E-state index contributed by atoms with van der Waals surface area (Å²) in [6.45, 7) is 5.57. The van der Waals surface area contributed by atoms with Crippen LogP contribution >= 0.6 is 0 Å². The van der Waals surface area contributed by atoms with Gasteiger partial charge in [-0.1, -0.05) is 44.7 Å². The summed E-state index contributed by atoms with van der Waals surface area (Å²) in [5.41, 5.74) is 0.256. The molecule has 4 nitrogen and oxygen atoms in total. The van der Waals surface area contributed by atoms with Crippen LogP contribution < -0.4 is 10.1 Å². The summed E-state index contributed by atoms with van der Waals surface area (Å²) in [6.07, 6.45) is 7.42. The number of benzene rings is 1. The molecule has 1 fully saturated rings. The van der Waals surface area contributed by atoms with Gasteiger partial charge in [0.1, 0.15) is 5.76 Å². The van der Waals surface area contributed by atoms with Crippen molar-refractivity contribution in [1.82, 2.24) is 5.32 Å². The van der Waals surface area contributed by atoms with Crippen molar-refractivity contribution in [3.8, 4) is 5.75 Å². The van der Waals surface area contributed by atoms with Crippen LogP contribution in [0.3, 0.4) is 0 Å². The third-order valence-corrected chi connectivity index (χ3v) is 5.23. The maximum absolute atomic E-state index is 10.7. The van der Waals surface area contributed by atoms with Crippen LogP contribution in [0.4, 0.5) is 0 Å². The maximum Gasteiger partial charge on any atom is 0.176 e. The Morgan fingerprint density at radius 2 is 2.08 bits per heavy atom. The first kappa shape index (κ1) is 18.3. The highest BCUT2D eigenvalue weighted by atomic mass is 16.5. The first-order valence-corrected chi connectivity index (χ1v) is 9.72. The van der Waals surface area contributed by atoms with Crippen molar-refractivity contribution in [2.75, 3.05) is 13.2 Å². The van der Waals surface area contributed by atoms with Gasteiger partial charge in [-0.25, -0.2) is 0 Å². The van der Waals surface area contributed by atoms with Crippen LogP contribution in [0, 0.1) is 0 Å². The number of para-hydroxylation sites is 1. The minimum absolute atomic E-state index is 0.0573. The zero-order valence-electron chi connectivity index (χ0n) is 15.5. The first-order chi connectivity index (χ1) is 12.1. The maximum atomic E-state index is 10.7. The Balaban J connectivity index is 1.67. The lowest BCUT2D eigenvalue weighted by molar-refractivity contribution is 0.00258. The van der Waals surface area contributed by atoms with Gasteiger partial charge in [0.15, 0.2) is 11.3 Å². The molecule has 0 saturated heterocycles. The van der Waals surface area contributed by atoms with Crippen molar-refractivity contribution in [3.05, 3.63) is 30.0 Å². The lowest BCUT2D eigenvalue weighted by Crippen LogP contribution is -2.42. The van der Waals surface area contributed by atoms with E-state index < -0.39 is 5.60 Å². The molecule has 0 spiro atoms. The van der Waals surface area contributed by atoms with E-state index in [1.54, 1.807) is 0 Å². The average molecular weight is 345 g/mol. The third kappa shape index (κ3) is 4.56. The van der Waals surface area contributed by atoms with Gasteiger partial charge in [0, 0.05) is 11.9 Å². The largest absolute Gasteiger partial charge is 0.490 e. The predicted octanol–water partition coefficient (Wildman–Crippen LogP) is 4.96. The minimum atomic E-state index is -0.563. The molecule has 1 aromatic carbocycles. The summed E-state index contributed by atoms with van der Waals surface area (Å²) >= 11 is 0. The third-order valence-electron chi connectivity index (χ3n) is 5.23. The van der Waals surface area contributed by atoms with E-state index in [2.05, 4.69) is 31.3 Å². The number of unbranched alkanes of at least 4 members (excludes halogenated alkanes) is 1. The van der Waals surface area contributed by atoms with Gasteiger partial charge in [-0.05, 0) is 38.3 Å². The molecule has 0 amide bonds. The van der Waals surface area contributed by atoms with E-state index in [0.29, 0.717) is 13.2 Å². The fourth-order valence-corrected chi connectivity index (χ4v) is 3.54. The van der Waals surface area contributed by atoms with Crippen LogP contribution in [-0.4, -0.2) is 23.9 Å². The van der Waals surface area contributed by atoms with Crippen LogP contribution in [0.1, 0.15) is 70.6 Å². The van der Waals surface area contributed by atoms with Gasteiger partial charge >= 0.3 is 0 Å². The molecule has 25 heavy (non-hydrogen) atoms. The van der Waals surface area contributed by atoms with Crippen molar-refractivity contribution in [1.29, 1.82) is 0 Å². The summed E-state index contributed by atoms with van der Waals surface area (Å²) in [5.74, 6) is 1.70. The van der Waals surface area contributed by atoms with Crippen molar-refractivity contribution >= 4 is 11.0 Å². The monoisotopic (exact) mass is 345 g/mol. The van der Waals surface area contributed by atoms with E-state index in [4.69, 9.17) is 9.15 Å². The van der Waals surface area contributed by atoms with Gasteiger partial charge in [-0.3, -0.25) is 0 Å². The van der Waals surface area contributed by atoms with Gasteiger partial charge in [-0.15, -0.1) is 0 Å². The molecular formula is C21H31NO3. The molecule has 3 rings (SSSR count). The topological polar surface area (TPSA) is 54.6 Å². The number of fused-ring (bicyclic) bond motifs is 1. The van der Waals surface area contributed by atoms with Gasteiger partial charge in [0.2, 0.25) is 0 Å². The molecular weight excluding hydrogens is 314 g/mol. The van der Waals surface area contributed by atoms with Crippen molar-refractivity contribution in [3.63, 3.8) is 0 Å². The molecule has 1 aliphatic rings. The SMILES string of the molecule is CCCCOc1cccc2cc(C(C)NCC3(O)CCCCC3)oc12. The van der Waals surface area contributed by atoms with Crippen LogP contribution in [-0.2, 0) is 0 Å². The van der Waals surface area contributed by atoms with Gasteiger partial charge < -0.3 is 19.6 Å². The molecule has 0 bridgehead atoms. The van der Waals surface area contributed by atoms with E-state index in [9.17, 15) is 5.11 Å². The summed E-state index contributed by atoms with van der Waals surface area (Å²) < 4.78 is 12.0. The summed E-state index contributed by atoms with van der Waals surface area (Å²) in [7, 11) is 0. The molecule has 138 valence electrons. The fourth-order valence-electron chi connectivity index (χ4n) is 3.54. The van der Waals surface area contributed by atoms with E-state index in [-0.39, 0.29) is 6.04 Å². The second kappa shape index (κ2) is 8.24. The zero-order chi connectivity index (χ0) is 17.7. The van der Waals surface area contributed by atoms with Gasteiger partial charge in [-0.2, -0.15) is 0 Å². The van der Waals surface area contributed by atoms with Gasteiger partial charge in [0.25, 0.3) is 0 Å². The zero-order valence-corrected chi connectivity index (χ0v) is 15.5. The normalized spacial score (nSPS) is 18.4. The highest BCUT2D eigenvalue weighted by Crippen LogP contribution is 2.32. The molecule has 0 aliphatic heterocycles. The van der Waals surface area contributed by atoms with Crippen molar-refractivity contribution in [2.24, 2.45) is 0 Å². The molecule has 2 N–H and O–H groups in total. The molecule has 1 unspecified atom stereocenters. The van der Waals surface area contributed by atoms with E-state index in [0.717, 1.165) is 61.0 Å². The van der Waals surface area contributed by atoms with Gasteiger partial charge in [0.05, 0.1) is 18.2 Å². The summed E-state index contributed by atoms with van der Waals surface area (Å²) in [6, 6.07) is 8.16. The predicted molar refractivity (Wildman–Crippen MR) is 101 cm³/mol. The van der Waals surface area contributed by atoms with Crippen LogP contribution in [0.2, 0.25) is 0 Å². The molecule has 1 aliphatic carbocycles. The number of furan rings is 1. The lowest BCUT2D eigenvalue weighted by Gasteiger charge is -2.33. The minimum Gasteiger partial charge on any atom is -0.490 e. The molecule has 0 radical (unpaired) electrons. The standard InChI is InChI=1S/C21H31NO3/c1-3-4-13-24-18-10-8-9-17-14-19(25-20(17)18)16(2)22-15-21(23)11-6-5-7-12-21/h8-10,14,16,22-23H,3-7,11-13,15H2,1-2H3. The van der Waals surface area contributed by atoms with Crippen molar-refractivity contribution < 1.29 is 14.3 Å². The number of hydrogen-bond donors (Lipinski definition) is 2. The number of aliphatic hydroxyl groups is 1. The average Bonchev–Trinajstić information content (AvgIpc) is 3.06. The second-order valence-corrected chi connectivity index (χ2v) is 7.41. The Morgan fingerprint density at radius 3 is 2.84 bits per heavy atom. The summed E-state index contributed by atoms with van der Waals surface area (Å²) in [4.78, 5) is 0. The molecule has 1 heterocycles. The quantitative estimate of drug-likeness (QED) is 0.664. The number of hydrogen-bond acceptors (Lipinski definition) is 4. The molecule has 1 atom stereocenters. The highest BCUT2D eigenvalue weighted by Gasteiger charge is 2.29. The Hall–Kier alpha value is -1.52. The first-order valence-electron chi connectivity index (χ1n) is 9.72. The Labute approximate surface area is 150 Å². The van der Waals surface area contributed by atoms with Crippen molar-refractivity contribution in [2.45, 2.75) is 70.4 Å². The highest BCUT2D eigenvalue weighted by molar-refractivity contribution is 5.83. The van der Waals surface area contributed by atoms with Crippen LogP contribution in [0.15, 0.2) is 28.7 Å². The van der Waals surface area contributed by atoms with Crippen LogP contribution in [0.5, 0.6) is 5.75 Å².